The lowest BCUT2D eigenvalue weighted by atomic mass is 9.86. The number of hydrogen-bond donors (Lipinski definition) is 1. The summed E-state index contributed by atoms with van der Waals surface area (Å²) in [5, 5.41) is 7.41. The molecule has 0 spiro atoms. The Hall–Kier alpha value is -3.61. The zero-order valence-electron chi connectivity index (χ0n) is 16.6. The summed E-state index contributed by atoms with van der Waals surface area (Å²) in [5.74, 6) is 1.12. The Morgan fingerprint density at radius 3 is 2.45 bits per heavy atom. The Balaban J connectivity index is 1.60. The summed E-state index contributed by atoms with van der Waals surface area (Å²) < 4.78 is 1.66. The number of anilines is 2. The van der Waals surface area contributed by atoms with Gasteiger partial charge in [0.15, 0.2) is 11.4 Å². The van der Waals surface area contributed by atoms with Gasteiger partial charge in [0, 0.05) is 30.1 Å². The lowest BCUT2D eigenvalue weighted by molar-refractivity contribution is 0.0992. The minimum absolute atomic E-state index is 0.0173. The number of nitrogens with one attached hydrogen (secondary N) is 1. The SMILES string of the molecule is CC(C)(C)c1ccc(C(=O)Cc2cc(Nc3ncccn3)n3nccc3n2)cc1. The molecule has 7 heteroatoms. The predicted octanol–water partition coefficient (Wildman–Crippen LogP) is 3.99. The number of nitrogens with zero attached hydrogens (tertiary/aromatic N) is 5. The topological polar surface area (TPSA) is 85.1 Å². The fourth-order valence-electron chi connectivity index (χ4n) is 3.05. The zero-order chi connectivity index (χ0) is 20.4. The predicted molar refractivity (Wildman–Crippen MR) is 111 cm³/mol. The van der Waals surface area contributed by atoms with Gasteiger partial charge in [0.25, 0.3) is 0 Å². The third-order valence-corrected chi connectivity index (χ3v) is 4.63. The summed E-state index contributed by atoms with van der Waals surface area (Å²) in [6.07, 6.45) is 5.17. The number of aromatic nitrogens is 5. The van der Waals surface area contributed by atoms with Crippen LogP contribution in [0.1, 0.15) is 42.4 Å². The first-order chi connectivity index (χ1) is 13.9. The molecule has 0 saturated heterocycles. The summed E-state index contributed by atoms with van der Waals surface area (Å²) in [4.78, 5) is 25.7. The molecule has 4 aromatic rings. The van der Waals surface area contributed by atoms with Gasteiger partial charge in [0.2, 0.25) is 5.95 Å². The maximum atomic E-state index is 12.8. The number of rotatable bonds is 5. The monoisotopic (exact) mass is 386 g/mol. The van der Waals surface area contributed by atoms with Crippen molar-refractivity contribution in [1.29, 1.82) is 0 Å². The molecule has 3 aromatic heterocycles. The molecule has 0 unspecified atom stereocenters. The molecule has 0 bridgehead atoms. The number of fused-ring (bicyclic) bond motifs is 1. The molecule has 0 saturated carbocycles. The van der Waals surface area contributed by atoms with Crippen LogP contribution in [-0.4, -0.2) is 30.3 Å². The third-order valence-electron chi connectivity index (χ3n) is 4.63. The van der Waals surface area contributed by atoms with Crippen molar-refractivity contribution in [3.8, 4) is 0 Å². The van der Waals surface area contributed by atoms with Crippen LogP contribution in [0.4, 0.5) is 11.8 Å². The van der Waals surface area contributed by atoms with E-state index in [-0.39, 0.29) is 17.6 Å². The van der Waals surface area contributed by atoms with Crippen LogP contribution in [0.15, 0.2) is 61.1 Å². The van der Waals surface area contributed by atoms with Gasteiger partial charge >= 0.3 is 0 Å². The van der Waals surface area contributed by atoms with Crippen LogP contribution in [0.5, 0.6) is 0 Å². The number of carbonyl (C=O) groups excluding carboxylic acids is 1. The highest BCUT2D eigenvalue weighted by atomic mass is 16.1. The second-order valence-electron chi connectivity index (χ2n) is 7.86. The maximum absolute atomic E-state index is 12.8. The molecule has 29 heavy (non-hydrogen) atoms. The van der Waals surface area contributed by atoms with E-state index in [0.717, 1.165) is 0 Å². The highest BCUT2D eigenvalue weighted by molar-refractivity contribution is 5.97. The van der Waals surface area contributed by atoms with Crippen LogP contribution in [0.25, 0.3) is 5.65 Å². The normalized spacial score (nSPS) is 11.6. The molecule has 1 N–H and O–H groups in total. The van der Waals surface area contributed by atoms with Gasteiger partial charge in [0.1, 0.15) is 5.82 Å². The van der Waals surface area contributed by atoms with Gasteiger partial charge in [-0.15, -0.1) is 0 Å². The fraction of sp³-hybridized carbons (Fsp3) is 0.227. The quantitative estimate of drug-likeness (QED) is 0.522. The Morgan fingerprint density at radius 2 is 1.76 bits per heavy atom. The van der Waals surface area contributed by atoms with E-state index in [4.69, 9.17) is 0 Å². The van der Waals surface area contributed by atoms with Crippen LogP contribution in [0, 0.1) is 0 Å². The van der Waals surface area contributed by atoms with Crippen molar-refractivity contribution in [3.63, 3.8) is 0 Å². The zero-order valence-corrected chi connectivity index (χ0v) is 16.6. The van der Waals surface area contributed by atoms with Gasteiger partial charge in [-0.1, -0.05) is 45.0 Å². The summed E-state index contributed by atoms with van der Waals surface area (Å²) in [5.41, 5.74) is 3.23. The van der Waals surface area contributed by atoms with Crippen molar-refractivity contribution in [2.45, 2.75) is 32.6 Å². The third kappa shape index (κ3) is 4.13. The van der Waals surface area contributed by atoms with Crippen molar-refractivity contribution in [3.05, 3.63) is 77.9 Å². The lowest BCUT2D eigenvalue weighted by Crippen LogP contribution is -2.12. The first-order valence-electron chi connectivity index (χ1n) is 9.41. The molecule has 0 aliphatic carbocycles. The molecule has 0 aliphatic rings. The average molecular weight is 386 g/mol. The molecule has 0 fully saturated rings. The summed E-state index contributed by atoms with van der Waals surface area (Å²) in [6, 6.07) is 13.1. The number of carbonyl (C=O) groups is 1. The van der Waals surface area contributed by atoms with Gasteiger partial charge in [-0.05, 0) is 17.0 Å². The Labute approximate surface area is 168 Å². The van der Waals surface area contributed by atoms with Crippen LogP contribution >= 0.6 is 0 Å². The minimum Gasteiger partial charge on any atom is -0.309 e. The molecule has 0 radical (unpaired) electrons. The summed E-state index contributed by atoms with van der Waals surface area (Å²) >= 11 is 0. The number of ketones is 1. The Kier molecular flexibility index (Phi) is 4.80. The van der Waals surface area contributed by atoms with Crippen LogP contribution < -0.4 is 5.32 Å². The van der Waals surface area contributed by atoms with Gasteiger partial charge in [-0.25, -0.2) is 15.0 Å². The molecule has 146 valence electrons. The smallest absolute Gasteiger partial charge is 0.228 e. The van der Waals surface area contributed by atoms with E-state index in [9.17, 15) is 4.79 Å². The number of Topliss-reactive ketones (excluding diaryl/α,β-unsaturated/α-hetero) is 1. The van der Waals surface area contributed by atoms with E-state index >= 15 is 0 Å². The fourth-order valence-corrected chi connectivity index (χ4v) is 3.05. The van der Waals surface area contributed by atoms with Crippen molar-refractivity contribution >= 4 is 23.2 Å². The second-order valence-corrected chi connectivity index (χ2v) is 7.86. The van der Waals surface area contributed by atoms with E-state index in [1.165, 1.54) is 5.56 Å². The van der Waals surface area contributed by atoms with Crippen LogP contribution in [-0.2, 0) is 11.8 Å². The molecule has 0 amide bonds. The average Bonchev–Trinajstić information content (AvgIpc) is 3.17. The number of hydrogen-bond acceptors (Lipinski definition) is 6. The second kappa shape index (κ2) is 7.43. The largest absolute Gasteiger partial charge is 0.309 e. The van der Waals surface area contributed by atoms with E-state index in [0.29, 0.717) is 28.7 Å². The first kappa shape index (κ1) is 18.7. The Bertz CT molecular complexity index is 1140. The van der Waals surface area contributed by atoms with Crippen molar-refractivity contribution < 1.29 is 4.79 Å². The summed E-state index contributed by atoms with van der Waals surface area (Å²) in [6.45, 7) is 6.46. The molecule has 0 aliphatic heterocycles. The molecule has 0 atom stereocenters. The molecule has 3 heterocycles. The van der Waals surface area contributed by atoms with E-state index < -0.39 is 0 Å². The van der Waals surface area contributed by atoms with Crippen LogP contribution in [0.3, 0.4) is 0 Å². The van der Waals surface area contributed by atoms with Crippen molar-refractivity contribution in [2.24, 2.45) is 0 Å². The molecule has 1 aromatic carbocycles. The molecule has 4 rings (SSSR count). The highest BCUT2D eigenvalue weighted by Gasteiger charge is 2.16. The minimum atomic E-state index is 0.0173. The maximum Gasteiger partial charge on any atom is 0.228 e. The van der Waals surface area contributed by atoms with E-state index in [1.54, 1.807) is 41.3 Å². The van der Waals surface area contributed by atoms with Gasteiger partial charge in [0.05, 0.1) is 18.3 Å². The number of benzene rings is 1. The van der Waals surface area contributed by atoms with Gasteiger partial charge in [-0.2, -0.15) is 9.61 Å². The highest BCUT2D eigenvalue weighted by Crippen LogP contribution is 2.23. The van der Waals surface area contributed by atoms with Gasteiger partial charge in [-0.3, -0.25) is 4.79 Å². The van der Waals surface area contributed by atoms with E-state index in [1.807, 2.05) is 24.3 Å². The molecular weight excluding hydrogens is 364 g/mol. The van der Waals surface area contributed by atoms with Crippen LogP contribution in [0.2, 0.25) is 0 Å². The van der Waals surface area contributed by atoms with Crippen molar-refractivity contribution in [1.82, 2.24) is 24.6 Å². The van der Waals surface area contributed by atoms with Gasteiger partial charge < -0.3 is 5.32 Å². The summed E-state index contributed by atoms with van der Waals surface area (Å²) in [7, 11) is 0. The lowest BCUT2D eigenvalue weighted by Gasteiger charge is -2.19. The Morgan fingerprint density at radius 1 is 1.03 bits per heavy atom. The van der Waals surface area contributed by atoms with Crippen molar-refractivity contribution in [2.75, 3.05) is 5.32 Å². The standard InChI is InChI=1S/C22H22N6O/c1-22(2,3)16-7-5-15(6-8-16)18(29)13-17-14-20(27-21-23-10-4-11-24-21)28-19(26-17)9-12-25-28/h4-12,14H,13H2,1-3H3,(H,23,24,27). The molecule has 7 nitrogen and oxygen atoms in total. The van der Waals surface area contributed by atoms with E-state index in [2.05, 4.69) is 46.1 Å². The first-order valence-corrected chi connectivity index (χ1v) is 9.41. The molecular formula is C22H22N6O.